The molecule has 1 aliphatic rings. The number of amides is 1. The third-order valence-electron chi connectivity index (χ3n) is 4.89. The first-order chi connectivity index (χ1) is 14.9. The first-order valence-electron chi connectivity index (χ1n) is 10.3. The molecule has 2 aromatic carbocycles. The average Bonchev–Trinajstić information content (AvgIpc) is 2.78. The van der Waals surface area contributed by atoms with Gasteiger partial charge >= 0.3 is 0 Å². The largest absolute Gasteiger partial charge is 0.492 e. The first-order valence-corrected chi connectivity index (χ1v) is 12.1. The van der Waals surface area contributed by atoms with E-state index in [2.05, 4.69) is 10.5 Å². The van der Waals surface area contributed by atoms with Crippen LogP contribution in [0.5, 0.6) is 5.75 Å². The van der Waals surface area contributed by atoms with E-state index in [0.29, 0.717) is 17.4 Å². The van der Waals surface area contributed by atoms with Gasteiger partial charge in [0, 0.05) is 10.7 Å². The molecule has 0 atom stereocenters. The normalized spacial score (nSPS) is 14.1. The molecule has 0 spiro atoms. The van der Waals surface area contributed by atoms with Crippen LogP contribution in [0.1, 0.15) is 39.0 Å². The Morgan fingerprint density at radius 3 is 2.45 bits per heavy atom. The molecule has 0 aliphatic heterocycles. The summed E-state index contributed by atoms with van der Waals surface area (Å²) >= 11 is 5.92. The molecule has 1 fully saturated rings. The van der Waals surface area contributed by atoms with Gasteiger partial charge in [-0.25, -0.2) is 13.8 Å². The molecule has 0 heterocycles. The molecule has 0 bridgehead atoms. The summed E-state index contributed by atoms with van der Waals surface area (Å²) in [5.74, 6) is -0.157. The quantitative estimate of drug-likeness (QED) is 0.589. The minimum Gasteiger partial charge on any atom is -0.492 e. The first kappa shape index (κ1) is 23.1. The van der Waals surface area contributed by atoms with Crippen molar-refractivity contribution in [2.45, 2.75) is 43.9 Å². The van der Waals surface area contributed by atoms with Gasteiger partial charge in [-0.15, -0.1) is 0 Å². The second kappa shape index (κ2) is 10.6. The van der Waals surface area contributed by atoms with E-state index in [1.54, 1.807) is 24.3 Å². The number of rotatable bonds is 8. The van der Waals surface area contributed by atoms with Crippen molar-refractivity contribution >= 4 is 38.9 Å². The van der Waals surface area contributed by atoms with Crippen LogP contribution in [0.15, 0.2) is 58.5 Å². The highest BCUT2D eigenvalue weighted by Gasteiger charge is 2.29. The van der Waals surface area contributed by atoms with Gasteiger partial charge in [0.1, 0.15) is 12.3 Å². The molecule has 7 nitrogen and oxygen atoms in total. The Morgan fingerprint density at radius 2 is 1.77 bits per heavy atom. The second-order valence-electron chi connectivity index (χ2n) is 7.14. The Hall–Kier alpha value is -2.58. The Morgan fingerprint density at radius 1 is 1.10 bits per heavy atom. The van der Waals surface area contributed by atoms with Crippen molar-refractivity contribution in [1.82, 2.24) is 5.43 Å². The highest BCUT2D eigenvalue weighted by molar-refractivity contribution is 7.92. The van der Waals surface area contributed by atoms with Crippen molar-refractivity contribution in [3.8, 4) is 5.75 Å². The van der Waals surface area contributed by atoms with Crippen LogP contribution in [0.2, 0.25) is 5.02 Å². The van der Waals surface area contributed by atoms with Gasteiger partial charge < -0.3 is 4.74 Å². The molecular formula is C22H26ClN3O4S. The second-order valence-corrected chi connectivity index (χ2v) is 9.44. The molecular weight excluding hydrogens is 438 g/mol. The van der Waals surface area contributed by atoms with Crippen LogP contribution in [0, 0.1) is 0 Å². The maximum Gasteiger partial charge on any atom is 0.264 e. The molecule has 1 N–H and O–H groups in total. The number of para-hydroxylation sites is 2. The number of carbonyl (C=O) groups is 1. The molecule has 0 radical (unpaired) electrons. The molecule has 0 aromatic heterocycles. The number of hydrogen-bond donors (Lipinski definition) is 1. The van der Waals surface area contributed by atoms with Crippen molar-refractivity contribution in [2.75, 3.05) is 17.5 Å². The SMILES string of the molecule is CCOc1ccccc1N(CC(=O)NN=C1CCCCC1)S(=O)(=O)c1ccc(Cl)cc1. The fourth-order valence-electron chi connectivity index (χ4n) is 3.35. The molecule has 2 aromatic rings. The molecule has 3 rings (SSSR count). The lowest BCUT2D eigenvalue weighted by molar-refractivity contribution is -0.119. The predicted molar refractivity (Wildman–Crippen MR) is 122 cm³/mol. The van der Waals surface area contributed by atoms with Crippen LogP contribution in [-0.4, -0.2) is 33.2 Å². The van der Waals surface area contributed by atoms with E-state index in [1.807, 2.05) is 6.92 Å². The molecule has 31 heavy (non-hydrogen) atoms. The van der Waals surface area contributed by atoms with Gasteiger partial charge in [-0.1, -0.05) is 30.2 Å². The summed E-state index contributed by atoms with van der Waals surface area (Å²) in [4.78, 5) is 12.7. The van der Waals surface area contributed by atoms with Crippen LogP contribution < -0.4 is 14.5 Å². The summed E-state index contributed by atoms with van der Waals surface area (Å²) in [6.45, 7) is 1.72. The topological polar surface area (TPSA) is 88.1 Å². The summed E-state index contributed by atoms with van der Waals surface area (Å²) in [7, 11) is -4.06. The lowest BCUT2D eigenvalue weighted by atomic mass is 9.99. The van der Waals surface area contributed by atoms with E-state index in [0.717, 1.165) is 42.1 Å². The number of benzene rings is 2. The Bertz CT molecular complexity index is 1030. The zero-order chi connectivity index (χ0) is 22.3. The van der Waals surface area contributed by atoms with Crippen LogP contribution in [-0.2, 0) is 14.8 Å². The maximum atomic E-state index is 13.5. The number of hydrogen-bond acceptors (Lipinski definition) is 5. The average molecular weight is 464 g/mol. The lowest BCUT2D eigenvalue weighted by Crippen LogP contribution is -2.40. The molecule has 1 aliphatic carbocycles. The van der Waals surface area contributed by atoms with Crippen LogP contribution >= 0.6 is 11.6 Å². The minimum atomic E-state index is -4.06. The molecule has 1 amide bonds. The summed E-state index contributed by atoms with van der Waals surface area (Å²) in [6.07, 6.45) is 4.95. The summed E-state index contributed by atoms with van der Waals surface area (Å²) in [5, 5.41) is 4.62. The monoisotopic (exact) mass is 463 g/mol. The number of nitrogens with one attached hydrogen (secondary N) is 1. The van der Waals surface area contributed by atoms with E-state index >= 15 is 0 Å². The number of halogens is 1. The number of ether oxygens (including phenoxy) is 1. The van der Waals surface area contributed by atoms with Gasteiger partial charge in [0.15, 0.2) is 0 Å². The van der Waals surface area contributed by atoms with Crippen molar-refractivity contribution in [2.24, 2.45) is 5.10 Å². The third-order valence-corrected chi connectivity index (χ3v) is 6.92. The van der Waals surface area contributed by atoms with Gasteiger partial charge in [0.2, 0.25) is 0 Å². The number of hydrazone groups is 1. The van der Waals surface area contributed by atoms with E-state index in [1.165, 1.54) is 24.3 Å². The van der Waals surface area contributed by atoms with E-state index < -0.39 is 22.5 Å². The number of nitrogens with zero attached hydrogens (tertiary/aromatic N) is 2. The smallest absolute Gasteiger partial charge is 0.264 e. The van der Waals surface area contributed by atoms with Crippen molar-refractivity contribution in [3.63, 3.8) is 0 Å². The molecule has 1 saturated carbocycles. The van der Waals surface area contributed by atoms with Crippen LogP contribution in [0.25, 0.3) is 0 Å². The Balaban J connectivity index is 1.92. The number of sulfonamides is 1. The Labute approximate surface area is 188 Å². The summed E-state index contributed by atoms with van der Waals surface area (Å²) < 4.78 is 33.6. The highest BCUT2D eigenvalue weighted by Crippen LogP contribution is 2.32. The highest BCUT2D eigenvalue weighted by atomic mass is 35.5. The minimum absolute atomic E-state index is 0.0228. The fourth-order valence-corrected chi connectivity index (χ4v) is 4.91. The number of carbonyl (C=O) groups excluding carboxylic acids is 1. The maximum absolute atomic E-state index is 13.5. The fraction of sp³-hybridized carbons (Fsp3) is 0.364. The zero-order valence-electron chi connectivity index (χ0n) is 17.4. The molecule has 166 valence electrons. The molecule has 0 unspecified atom stereocenters. The standard InChI is InChI=1S/C22H26ClN3O4S/c1-2-30-21-11-7-6-10-20(21)26(31(28,29)19-14-12-17(23)13-15-19)16-22(27)25-24-18-8-4-3-5-9-18/h6-7,10-15H,2-5,8-9,16H2,1H3,(H,25,27). The van der Waals surface area contributed by atoms with Gasteiger partial charge in [-0.2, -0.15) is 5.10 Å². The van der Waals surface area contributed by atoms with Gasteiger partial charge in [-0.05, 0) is 69.0 Å². The van der Waals surface area contributed by atoms with Crippen LogP contribution in [0.3, 0.4) is 0 Å². The molecule has 9 heteroatoms. The van der Waals surface area contributed by atoms with E-state index in [-0.39, 0.29) is 10.6 Å². The van der Waals surface area contributed by atoms with E-state index in [4.69, 9.17) is 16.3 Å². The predicted octanol–water partition coefficient (Wildman–Crippen LogP) is 4.37. The lowest BCUT2D eigenvalue weighted by Gasteiger charge is -2.25. The summed E-state index contributed by atoms with van der Waals surface area (Å²) in [6, 6.07) is 12.5. The van der Waals surface area contributed by atoms with Gasteiger partial charge in [0.25, 0.3) is 15.9 Å². The third kappa shape index (κ3) is 5.98. The van der Waals surface area contributed by atoms with Crippen molar-refractivity contribution < 1.29 is 17.9 Å². The van der Waals surface area contributed by atoms with E-state index in [9.17, 15) is 13.2 Å². The van der Waals surface area contributed by atoms with Gasteiger partial charge in [0.05, 0.1) is 17.2 Å². The summed E-state index contributed by atoms with van der Waals surface area (Å²) in [5.41, 5.74) is 3.73. The number of anilines is 1. The van der Waals surface area contributed by atoms with Crippen molar-refractivity contribution in [3.05, 3.63) is 53.6 Å². The van der Waals surface area contributed by atoms with Crippen molar-refractivity contribution in [1.29, 1.82) is 0 Å². The Kier molecular flexibility index (Phi) is 7.92. The molecule has 0 saturated heterocycles. The zero-order valence-corrected chi connectivity index (χ0v) is 19.0. The van der Waals surface area contributed by atoms with Crippen LogP contribution in [0.4, 0.5) is 5.69 Å². The van der Waals surface area contributed by atoms with Gasteiger partial charge in [-0.3, -0.25) is 9.10 Å².